The van der Waals surface area contributed by atoms with Crippen molar-refractivity contribution in [2.24, 2.45) is 4.99 Å². The van der Waals surface area contributed by atoms with Crippen molar-refractivity contribution < 1.29 is 13.2 Å². The van der Waals surface area contributed by atoms with Crippen LogP contribution in [-0.2, 0) is 14.8 Å². The summed E-state index contributed by atoms with van der Waals surface area (Å²) >= 11 is 0. The van der Waals surface area contributed by atoms with E-state index in [4.69, 9.17) is 5.73 Å². The van der Waals surface area contributed by atoms with Crippen molar-refractivity contribution >= 4 is 45.7 Å². The van der Waals surface area contributed by atoms with E-state index in [2.05, 4.69) is 20.0 Å². The summed E-state index contributed by atoms with van der Waals surface area (Å²) in [5.74, 6) is 0.219. The third-order valence-corrected chi connectivity index (χ3v) is 5.53. The molecule has 0 saturated carbocycles. The molecule has 2 heterocycles. The first-order valence-electron chi connectivity index (χ1n) is 8.63. The second kappa shape index (κ2) is 9.03. The first kappa shape index (κ1) is 21.6. The Kier molecular flexibility index (Phi) is 6.98. The lowest BCUT2D eigenvalue weighted by atomic mass is 10.1. The molecule has 0 bridgehead atoms. The molecule has 10 heteroatoms. The van der Waals surface area contributed by atoms with Crippen LogP contribution in [0.15, 0.2) is 52.5 Å². The van der Waals surface area contributed by atoms with Gasteiger partial charge in [0.1, 0.15) is 17.7 Å². The summed E-state index contributed by atoms with van der Waals surface area (Å²) in [6, 6.07) is 9.08. The summed E-state index contributed by atoms with van der Waals surface area (Å²) in [4.78, 5) is 21.3. The van der Waals surface area contributed by atoms with Crippen LogP contribution in [0.25, 0.3) is 0 Å². The molecular formula is C18H22ClN5O3S. The fourth-order valence-corrected chi connectivity index (χ4v) is 3.98. The summed E-state index contributed by atoms with van der Waals surface area (Å²) in [6.07, 6.45) is 3.63. The minimum atomic E-state index is -3.65. The molecule has 1 unspecified atom stereocenters. The Labute approximate surface area is 170 Å². The van der Waals surface area contributed by atoms with E-state index in [9.17, 15) is 13.2 Å². The topological polar surface area (TPSA) is 127 Å². The number of sulfonamides is 1. The third-order valence-electron chi connectivity index (χ3n) is 4.14. The van der Waals surface area contributed by atoms with Crippen molar-refractivity contribution in [2.75, 3.05) is 11.1 Å². The number of pyridine rings is 1. The summed E-state index contributed by atoms with van der Waals surface area (Å²) in [5.41, 5.74) is 6.53. The number of amidine groups is 1. The van der Waals surface area contributed by atoms with Gasteiger partial charge in [0, 0.05) is 5.56 Å². The summed E-state index contributed by atoms with van der Waals surface area (Å²) in [6.45, 7) is 2.01. The van der Waals surface area contributed by atoms with E-state index < -0.39 is 16.1 Å². The van der Waals surface area contributed by atoms with Crippen LogP contribution in [0.2, 0.25) is 0 Å². The molecule has 8 nitrogen and oxygen atoms in total. The Morgan fingerprint density at radius 1 is 1.29 bits per heavy atom. The molecule has 1 aliphatic heterocycles. The summed E-state index contributed by atoms with van der Waals surface area (Å²) in [7, 11) is -3.65. The number of carbonyl (C=O) groups is 1. The van der Waals surface area contributed by atoms with Gasteiger partial charge in [-0.25, -0.2) is 13.4 Å². The highest BCUT2D eigenvalue weighted by molar-refractivity contribution is 7.90. The highest BCUT2D eigenvalue weighted by Crippen LogP contribution is 2.23. The number of aromatic nitrogens is 1. The number of unbranched alkanes of at least 4 members (excludes halogenated alkanes) is 1. The summed E-state index contributed by atoms with van der Waals surface area (Å²) < 4.78 is 26.9. The highest BCUT2D eigenvalue weighted by Gasteiger charge is 2.31. The molecule has 0 radical (unpaired) electrons. The van der Waals surface area contributed by atoms with Crippen LogP contribution in [0.3, 0.4) is 0 Å². The Morgan fingerprint density at radius 2 is 2.04 bits per heavy atom. The van der Waals surface area contributed by atoms with Crippen LogP contribution in [-0.4, -0.2) is 31.2 Å². The van der Waals surface area contributed by atoms with Gasteiger partial charge in [0.15, 0.2) is 0 Å². The van der Waals surface area contributed by atoms with E-state index in [-0.39, 0.29) is 29.0 Å². The monoisotopic (exact) mass is 423 g/mol. The Morgan fingerprint density at radius 3 is 2.71 bits per heavy atom. The molecule has 0 saturated heterocycles. The number of amides is 1. The Bertz CT molecular complexity index is 977. The van der Waals surface area contributed by atoms with Crippen molar-refractivity contribution in [3.05, 3.63) is 48.2 Å². The van der Waals surface area contributed by atoms with E-state index in [1.165, 1.54) is 12.3 Å². The SMILES string of the molecule is CCCCC(N=C1NS(=O)(=O)c2ccccc21)C(=O)Nc1ccc(N)nc1.Cl. The zero-order valence-corrected chi connectivity index (χ0v) is 16.9. The summed E-state index contributed by atoms with van der Waals surface area (Å²) in [5, 5.41) is 2.76. The van der Waals surface area contributed by atoms with Gasteiger partial charge in [0.2, 0.25) is 5.91 Å². The number of nitrogens with zero attached hydrogens (tertiary/aromatic N) is 2. The van der Waals surface area contributed by atoms with Crippen molar-refractivity contribution in [3.63, 3.8) is 0 Å². The van der Waals surface area contributed by atoms with Gasteiger partial charge in [-0.05, 0) is 30.7 Å². The number of nitrogen functional groups attached to an aromatic ring is 1. The normalized spacial score (nSPS) is 16.5. The molecule has 3 rings (SSSR count). The fourth-order valence-electron chi connectivity index (χ4n) is 2.74. The first-order valence-corrected chi connectivity index (χ1v) is 10.1. The molecule has 1 aliphatic rings. The van der Waals surface area contributed by atoms with Crippen LogP contribution >= 0.6 is 12.4 Å². The molecule has 1 atom stereocenters. The van der Waals surface area contributed by atoms with Crippen LogP contribution in [0.1, 0.15) is 31.7 Å². The van der Waals surface area contributed by atoms with E-state index in [1.54, 1.807) is 30.3 Å². The number of benzene rings is 1. The van der Waals surface area contributed by atoms with Crippen LogP contribution in [0.4, 0.5) is 11.5 Å². The van der Waals surface area contributed by atoms with Crippen molar-refractivity contribution in [1.29, 1.82) is 0 Å². The number of carbonyl (C=O) groups excluding carboxylic acids is 1. The second-order valence-electron chi connectivity index (χ2n) is 6.20. The molecular weight excluding hydrogens is 402 g/mol. The van der Waals surface area contributed by atoms with Crippen molar-refractivity contribution in [1.82, 2.24) is 9.71 Å². The largest absolute Gasteiger partial charge is 0.384 e. The maximum Gasteiger partial charge on any atom is 0.263 e. The predicted molar refractivity (Wildman–Crippen MR) is 111 cm³/mol. The van der Waals surface area contributed by atoms with Gasteiger partial charge in [-0.2, -0.15) is 0 Å². The molecule has 2 aromatic rings. The van der Waals surface area contributed by atoms with E-state index in [0.717, 1.165) is 12.8 Å². The van der Waals surface area contributed by atoms with E-state index in [0.29, 0.717) is 23.5 Å². The standard InChI is InChI=1S/C18H21N5O3S.ClH/c1-2-3-7-14(18(24)21-12-9-10-16(19)20-11-12)22-17-13-6-4-5-8-15(13)27(25,26)23-17;/h4-6,8-11,14H,2-3,7H2,1H3,(H2,19,20)(H,21,24)(H,22,23);1H. The van der Waals surface area contributed by atoms with Gasteiger partial charge in [-0.3, -0.25) is 14.5 Å². The molecule has 150 valence electrons. The van der Waals surface area contributed by atoms with Crippen molar-refractivity contribution in [2.45, 2.75) is 37.1 Å². The van der Waals surface area contributed by atoms with E-state index in [1.807, 2.05) is 6.92 Å². The number of nitrogens with one attached hydrogen (secondary N) is 2. The number of nitrogens with two attached hydrogens (primary N) is 1. The molecule has 1 aromatic heterocycles. The molecule has 4 N–H and O–H groups in total. The van der Waals surface area contributed by atoms with Gasteiger partial charge in [-0.1, -0.05) is 31.9 Å². The maximum absolute atomic E-state index is 12.7. The maximum atomic E-state index is 12.7. The number of fused-ring (bicyclic) bond motifs is 1. The van der Waals surface area contributed by atoms with Crippen LogP contribution in [0.5, 0.6) is 0 Å². The molecule has 0 aliphatic carbocycles. The number of aliphatic imine (C=N–C) groups is 1. The van der Waals surface area contributed by atoms with Crippen LogP contribution in [0, 0.1) is 0 Å². The quantitative estimate of drug-likeness (QED) is 0.657. The number of hydrogen-bond acceptors (Lipinski definition) is 6. The average molecular weight is 424 g/mol. The molecule has 0 spiro atoms. The first-order chi connectivity index (χ1) is 12.9. The molecule has 1 amide bonds. The number of halogens is 1. The van der Waals surface area contributed by atoms with E-state index >= 15 is 0 Å². The third kappa shape index (κ3) is 4.79. The van der Waals surface area contributed by atoms with Gasteiger partial charge in [0.05, 0.1) is 16.8 Å². The smallest absolute Gasteiger partial charge is 0.263 e. The molecule has 1 aromatic carbocycles. The predicted octanol–water partition coefficient (Wildman–Crippen LogP) is 2.32. The van der Waals surface area contributed by atoms with Gasteiger partial charge in [0.25, 0.3) is 10.0 Å². The Balaban J connectivity index is 0.00000280. The minimum absolute atomic E-state index is 0. The zero-order valence-electron chi connectivity index (χ0n) is 15.3. The molecule has 0 fully saturated rings. The van der Waals surface area contributed by atoms with Gasteiger partial charge in [-0.15, -0.1) is 12.4 Å². The zero-order chi connectivity index (χ0) is 19.4. The Hall–Kier alpha value is -2.65. The fraction of sp³-hybridized carbons (Fsp3) is 0.278. The van der Waals surface area contributed by atoms with Crippen molar-refractivity contribution in [3.8, 4) is 0 Å². The lowest BCUT2D eigenvalue weighted by Gasteiger charge is -2.14. The van der Waals surface area contributed by atoms with Crippen LogP contribution < -0.4 is 15.8 Å². The lowest BCUT2D eigenvalue weighted by molar-refractivity contribution is -0.117. The minimum Gasteiger partial charge on any atom is -0.384 e. The number of anilines is 2. The lowest BCUT2D eigenvalue weighted by Crippen LogP contribution is -2.30. The second-order valence-corrected chi connectivity index (χ2v) is 7.85. The highest BCUT2D eigenvalue weighted by atomic mass is 35.5. The van der Waals surface area contributed by atoms with Gasteiger partial charge >= 0.3 is 0 Å². The molecule has 28 heavy (non-hydrogen) atoms. The number of hydrogen-bond donors (Lipinski definition) is 3. The number of rotatable bonds is 6. The average Bonchev–Trinajstić information content (AvgIpc) is 2.91. The van der Waals surface area contributed by atoms with Gasteiger partial charge < -0.3 is 11.1 Å².